The van der Waals surface area contributed by atoms with Gasteiger partial charge in [-0.15, -0.1) is 0 Å². The van der Waals surface area contributed by atoms with Crippen LogP contribution in [0.5, 0.6) is 5.75 Å². The van der Waals surface area contributed by atoms with Gasteiger partial charge in [0.15, 0.2) is 0 Å². The number of aliphatic hydroxyl groups excluding tert-OH is 1. The first kappa shape index (κ1) is 21.5. The average Bonchev–Trinajstić information content (AvgIpc) is 3.30. The molecular weight excluding hydrogens is 482 g/mol. The lowest BCUT2D eigenvalue weighted by atomic mass is 9.94. The van der Waals surface area contributed by atoms with Crippen LogP contribution in [0.4, 0.5) is 0 Å². The van der Waals surface area contributed by atoms with Gasteiger partial charge in [0.05, 0.1) is 11.6 Å². The van der Waals surface area contributed by atoms with E-state index in [-0.39, 0.29) is 24.0 Å². The summed E-state index contributed by atoms with van der Waals surface area (Å²) in [5, 5.41) is 11.3. The maximum atomic E-state index is 13.2. The number of nitrogens with zero attached hydrogens (tertiary/aromatic N) is 1. The summed E-state index contributed by atoms with van der Waals surface area (Å²) in [4.78, 5) is 27.9. The Morgan fingerprint density at radius 1 is 1.06 bits per heavy atom. The summed E-state index contributed by atoms with van der Waals surface area (Å²) < 4.78 is 6.59. The van der Waals surface area contributed by atoms with Crippen LogP contribution < -0.4 is 4.74 Å². The SMILES string of the molecule is C[C@@H]1Cc2cc(/C(O)=C3\C(=O)C(=O)N(Cc4ccccc4)[C@H]3c3cccc(Br)c3)ccc2O1. The van der Waals surface area contributed by atoms with Crippen molar-refractivity contribution in [2.24, 2.45) is 0 Å². The number of ether oxygens (including phenoxy) is 1. The number of rotatable bonds is 4. The number of fused-ring (bicyclic) bond motifs is 1. The van der Waals surface area contributed by atoms with Crippen molar-refractivity contribution in [3.63, 3.8) is 0 Å². The largest absolute Gasteiger partial charge is 0.507 e. The Balaban J connectivity index is 1.64. The summed E-state index contributed by atoms with van der Waals surface area (Å²) in [5.41, 5.74) is 3.23. The maximum Gasteiger partial charge on any atom is 0.295 e. The quantitative estimate of drug-likeness (QED) is 0.294. The molecule has 2 aliphatic heterocycles. The topological polar surface area (TPSA) is 66.8 Å². The normalized spacial score (nSPS) is 21.2. The van der Waals surface area contributed by atoms with Gasteiger partial charge in [0.2, 0.25) is 0 Å². The highest BCUT2D eigenvalue weighted by molar-refractivity contribution is 9.10. The minimum absolute atomic E-state index is 0.0653. The zero-order valence-corrected chi connectivity index (χ0v) is 19.6. The molecule has 3 aromatic carbocycles. The molecule has 0 spiro atoms. The minimum atomic E-state index is -0.703. The molecule has 0 aromatic heterocycles. The molecule has 166 valence electrons. The van der Waals surface area contributed by atoms with Crippen molar-refractivity contribution >= 4 is 33.4 Å². The van der Waals surface area contributed by atoms with Crippen LogP contribution >= 0.6 is 15.9 Å². The van der Waals surface area contributed by atoms with Gasteiger partial charge in [-0.25, -0.2) is 0 Å². The summed E-state index contributed by atoms with van der Waals surface area (Å²) in [5.74, 6) is -0.689. The van der Waals surface area contributed by atoms with Crippen LogP contribution in [0.15, 0.2) is 82.8 Å². The first-order valence-electron chi connectivity index (χ1n) is 10.8. The lowest BCUT2D eigenvalue weighted by Gasteiger charge is -2.25. The van der Waals surface area contributed by atoms with E-state index in [1.807, 2.05) is 73.7 Å². The zero-order chi connectivity index (χ0) is 23.1. The second kappa shape index (κ2) is 8.52. The summed E-state index contributed by atoms with van der Waals surface area (Å²) in [6.07, 6.45) is 0.795. The van der Waals surface area contributed by atoms with Gasteiger partial charge in [-0.3, -0.25) is 9.59 Å². The van der Waals surface area contributed by atoms with Crippen LogP contribution in [-0.4, -0.2) is 27.8 Å². The Labute approximate surface area is 200 Å². The Hall–Kier alpha value is -3.38. The van der Waals surface area contributed by atoms with Crippen molar-refractivity contribution < 1.29 is 19.4 Å². The van der Waals surface area contributed by atoms with E-state index < -0.39 is 17.7 Å². The van der Waals surface area contributed by atoms with Crippen molar-refractivity contribution in [2.75, 3.05) is 0 Å². The summed E-state index contributed by atoms with van der Waals surface area (Å²) in [7, 11) is 0. The lowest BCUT2D eigenvalue weighted by Crippen LogP contribution is -2.29. The molecule has 0 saturated carbocycles. The summed E-state index contributed by atoms with van der Waals surface area (Å²) in [6.45, 7) is 2.25. The summed E-state index contributed by atoms with van der Waals surface area (Å²) >= 11 is 3.49. The Morgan fingerprint density at radius 3 is 2.61 bits per heavy atom. The zero-order valence-electron chi connectivity index (χ0n) is 18.0. The van der Waals surface area contributed by atoms with Crippen molar-refractivity contribution in [2.45, 2.75) is 32.0 Å². The Bertz CT molecular complexity index is 1280. The molecule has 5 rings (SSSR count). The van der Waals surface area contributed by atoms with Crippen LogP contribution in [0.3, 0.4) is 0 Å². The van der Waals surface area contributed by atoms with Gasteiger partial charge in [-0.1, -0.05) is 58.4 Å². The predicted octanol–water partition coefficient (Wildman–Crippen LogP) is 5.39. The number of hydrogen-bond acceptors (Lipinski definition) is 4. The van der Waals surface area contributed by atoms with E-state index in [1.54, 1.807) is 6.07 Å². The van der Waals surface area contributed by atoms with Crippen LogP contribution in [0.1, 0.15) is 35.2 Å². The number of carbonyl (C=O) groups excluding carboxylic acids is 2. The molecule has 33 heavy (non-hydrogen) atoms. The van der Waals surface area contributed by atoms with E-state index in [9.17, 15) is 14.7 Å². The van der Waals surface area contributed by atoms with Crippen LogP contribution in [0, 0.1) is 0 Å². The van der Waals surface area contributed by atoms with E-state index in [2.05, 4.69) is 15.9 Å². The van der Waals surface area contributed by atoms with Gasteiger partial charge < -0.3 is 14.7 Å². The molecule has 3 aromatic rings. The Kier molecular flexibility index (Phi) is 5.54. The fourth-order valence-corrected chi connectivity index (χ4v) is 4.99. The molecule has 0 unspecified atom stereocenters. The lowest BCUT2D eigenvalue weighted by molar-refractivity contribution is -0.140. The number of benzene rings is 3. The number of likely N-dealkylation sites (tertiary alicyclic amines) is 1. The standard InChI is InChI=1S/C27H22BrNO4/c1-16-12-20-13-19(10-11-22(20)33-16)25(30)23-24(18-8-5-9-21(28)14-18)29(27(32)26(23)31)15-17-6-3-2-4-7-17/h2-11,13-14,16,24,30H,12,15H2,1H3/b25-23+/t16-,24+/m1/s1. The van der Waals surface area contributed by atoms with E-state index >= 15 is 0 Å². The highest BCUT2D eigenvalue weighted by Gasteiger charge is 2.46. The third-order valence-corrected chi connectivity index (χ3v) is 6.56. The average molecular weight is 504 g/mol. The second-order valence-corrected chi connectivity index (χ2v) is 9.34. The van der Waals surface area contributed by atoms with Gasteiger partial charge in [-0.05, 0) is 53.9 Å². The molecule has 0 bridgehead atoms. The molecule has 1 N–H and O–H groups in total. The van der Waals surface area contributed by atoms with Crippen LogP contribution in [0.2, 0.25) is 0 Å². The van der Waals surface area contributed by atoms with Gasteiger partial charge in [0.1, 0.15) is 17.6 Å². The minimum Gasteiger partial charge on any atom is -0.507 e. The highest BCUT2D eigenvalue weighted by atomic mass is 79.9. The third-order valence-electron chi connectivity index (χ3n) is 6.07. The molecule has 2 heterocycles. The molecule has 0 aliphatic carbocycles. The Morgan fingerprint density at radius 2 is 1.85 bits per heavy atom. The number of aliphatic hydroxyl groups is 1. The molecule has 1 saturated heterocycles. The number of halogens is 1. The molecule has 1 fully saturated rings. The molecule has 5 nitrogen and oxygen atoms in total. The molecule has 2 aliphatic rings. The van der Waals surface area contributed by atoms with Crippen LogP contribution in [-0.2, 0) is 22.6 Å². The number of Topliss-reactive ketones (excluding diaryl/α,β-unsaturated/α-hetero) is 1. The molecule has 0 radical (unpaired) electrons. The van der Waals surface area contributed by atoms with Crippen molar-refractivity contribution in [3.05, 3.63) is 105 Å². The predicted molar refractivity (Wildman–Crippen MR) is 129 cm³/mol. The summed E-state index contributed by atoms with van der Waals surface area (Å²) in [6, 6.07) is 21.7. The molecule has 1 amide bonds. The van der Waals surface area contributed by atoms with E-state index in [0.29, 0.717) is 5.56 Å². The molecule has 2 atom stereocenters. The van der Waals surface area contributed by atoms with Gasteiger partial charge in [0.25, 0.3) is 11.7 Å². The fraction of sp³-hybridized carbons (Fsp3) is 0.185. The fourth-order valence-electron chi connectivity index (χ4n) is 4.57. The van der Waals surface area contributed by atoms with Crippen LogP contribution in [0.25, 0.3) is 5.76 Å². The van der Waals surface area contributed by atoms with Gasteiger partial charge in [-0.2, -0.15) is 0 Å². The monoisotopic (exact) mass is 503 g/mol. The van der Waals surface area contributed by atoms with Crippen molar-refractivity contribution in [1.29, 1.82) is 0 Å². The number of hydrogen-bond donors (Lipinski definition) is 1. The van der Waals surface area contributed by atoms with Crippen molar-refractivity contribution in [1.82, 2.24) is 4.90 Å². The van der Waals surface area contributed by atoms with Crippen molar-refractivity contribution in [3.8, 4) is 5.75 Å². The third kappa shape index (κ3) is 3.95. The number of ketones is 1. The molecular formula is C27H22BrNO4. The molecule has 6 heteroatoms. The smallest absolute Gasteiger partial charge is 0.295 e. The van der Waals surface area contributed by atoms with E-state index in [4.69, 9.17) is 4.74 Å². The first-order valence-corrected chi connectivity index (χ1v) is 11.6. The van der Waals surface area contributed by atoms with Gasteiger partial charge in [0, 0.05) is 23.0 Å². The van der Waals surface area contributed by atoms with E-state index in [0.717, 1.165) is 33.3 Å². The second-order valence-electron chi connectivity index (χ2n) is 8.42. The number of carbonyl (C=O) groups is 2. The first-order chi connectivity index (χ1) is 15.9. The van der Waals surface area contributed by atoms with E-state index in [1.165, 1.54) is 4.90 Å². The van der Waals surface area contributed by atoms with Gasteiger partial charge >= 0.3 is 0 Å². The highest BCUT2D eigenvalue weighted by Crippen LogP contribution is 2.41. The number of amides is 1. The maximum absolute atomic E-state index is 13.2.